The lowest BCUT2D eigenvalue weighted by molar-refractivity contribution is -0.111. The van der Waals surface area contributed by atoms with Crippen molar-refractivity contribution in [1.82, 2.24) is 4.31 Å². The molecule has 116 valence electrons. The van der Waals surface area contributed by atoms with Gasteiger partial charge in [-0.2, -0.15) is 4.31 Å². The van der Waals surface area contributed by atoms with E-state index in [1.54, 1.807) is 12.1 Å². The molecule has 0 N–H and O–H groups in total. The molecule has 1 aliphatic heterocycles. The largest absolute Gasteiger partial charge is 0.302 e. The topological polar surface area (TPSA) is 54.5 Å². The summed E-state index contributed by atoms with van der Waals surface area (Å²) in [7, 11) is -3.57. The third kappa shape index (κ3) is 3.71. The van der Waals surface area contributed by atoms with Gasteiger partial charge in [-0.3, -0.25) is 0 Å². The molecule has 5 heteroatoms. The molecule has 2 rings (SSSR count). The number of carbonyl (C=O) groups excluding carboxylic acids is 1. The molecule has 0 bridgehead atoms. The zero-order chi connectivity index (χ0) is 15.5. The second kappa shape index (κ2) is 6.71. The first-order valence-corrected chi connectivity index (χ1v) is 8.95. The van der Waals surface area contributed by atoms with Crippen molar-refractivity contribution in [2.75, 3.05) is 6.54 Å². The molecule has 1 heterocycles. The minimum absolute atomic E-state index is 0.281. The number of rotatable bonds is 5. The summed E-state index contributed by atoms with van der Waals surface area (Å²) >= 11 is 0. The molecule has 0 aliphatic carbocycles. The van der Waals surface area contributed by atoms with Crippen LogP contribution in [-0.4, -0.2) is 31.6 Å². The summed E-state index contributed by atoms with van der Waals surface area (Å²) in [5.41, 5.74) is 1.13. The van der Waals surface area contributed by atoms with Crippen molar-refractivity contribution >= 4 is 16.3 Å². The Labute approximate surface area is 127 Å². The Kier molecular flexibility index (Phi) is 5.17. The molecule has 1 saturated heterocycles. The maximum absolute atomic E-state index is 12.7. The van der Waals surface area contributed by atoms with Crippen molar-refractivity contribution in [2.45, 2.75) is 50.5 Å². The molecule has 0 amide bonds. The van der Waals surface area contributed by atoms with Crippen LogP contribution in [0, 0.1) is 5.92 Å². The smallest absolute Gasteiger partial charge is 0.243 e. The van der Waals surface area contributed by atoms with Crippen molar-refractivity contribution < 1.29 is 13.2 Å². The van der Waals surface area contributed by atoms with Crippen LogP contribution in [0.3, 0.4) is 0 Å². The van der Waals surface area contributed by atoms with Gasteiger partial charge in [0, 0.05) is 6.54 Å². The molecule has 0 radical (unpaired) electrons. The molecule has 4 nitrogen and oxygen atoms in total. The van der Waals surface area contributed by atoms with E-state index in [4.69, 9.17) is 0 Å². The second-order valence-corrected chi connectivity index (χ2v) is 7.95. The molecule has 1 fully saturated rings. The molecule has 1 aliphatic rings. The number of piperidine rings is 1. The van der Waals surface area contributed by atoms with Crippen LogP contribution in [0.1, 0.15) is 38.7 Å². The summed E-state index contributed by atoms with van der Waals surface area (Å²) in [6.45, 7) is 4.69. The highest BCUT2D eigenvalue weighted by Crippen LogP contribution is 2.25. The molecule has 1 unspecified atom stereocenters. The predicted octanol–water partition coefficient (Wildman–Crippen LogP) is 2.63. The Morgan fingerprint density at radius 1 is 1.24 bits per heavy atom. The standard InChI is InChI=1S/C16H23NO3S/c1-13(2)11-14-6-8-16(9-7-14)21(19,20)17-10-4-3-5-15(17)12-18/h6-9,12-13,15H,3-5,10-11H2,1-2H3. The quantitative estimate of drug-likeness (QED) is 0.786. The van der Waals surface area contributed by atoms with E-state index >= 15 is 0 Å². The Bertz CT molecular complexity index is 578. The summed E-state index contributed by atoms with van der Waals surface area (Å²) in [4.78, 5) is 11.4. The van der Waals surface area contributed by atoms with E-state index in [0.717, 1.165) is 31.1 Å². The highest BCUT2D eigenvalue weighted by molar-refractivity contribution is 7.89. The number of aldehydes is 1. The van der Waals surface area contributed by atoms with Gasteiger partial charge in [-0.05, 0) is 42.9 Å². The third-order valence-corrected chi connectivity index (χ3v) is 5.77. The van der Waals surface area contributed by atoms with E-state index in [2.05, 4.69) is 13.8 Å². The van der Waals surface area contributed by atoms with E-state index in [0.29, 0.717) is 18.9 Å². The van der Waals surface area contributed by atoms with Crippen molar-refractivity contribution in [3.63, 3.8) is 0 Å². The van der Waals surface area contributed by atoms with Crippen LogP contribution in [0.5, 0.6) is 0 Å². The molecule has 0 aromatic heterocycles. The molecule has 1 aromatic carbocycles. The van der Waals surface area contributed by atoms with Gasteiger partial charge < -0.3 is 4.79 Å². The van der Waals surface area contributed by atoms with Crippen LogP contribution < -0.4 is 0 Å². The first kappa shape index (κ1) is 16.2. The van der Waals surface area contributed by atoms with Crippen molar-refractivity contribution in [1.29, 1.82) is 0 Å². The first-order valence-electron chi connectivity index (χ1n) is 7.51. The monoisotopic (exact) mass is 309 g/mol. The van der Waals surface area contributed by atoms with Crippen LogP contribution in [0.4, 0.5) is 0 Å². The van der Waals surface area contributed by atoms with Crippen LogP contribution in [0.15, 0.2) is 29.2 Å². The number of nitrogens with zero attached hydrogens (tertiary/aromatic N) is 1. The predicted molar refractivity (Wildman–Crippen MR) is 82.6 cm³/mol. The lowest BCUT2D eigenvalue weighted by Gasteiger charge is -2.31. The molecular weight excluding hydrogens is 286 g/mol. The molecule has 1 atom stereocenters. The van der Waals surface area contributed by atoms with Crippen LogP contribution in [-0.2, 0) is 21.2 Å². The fourth-order valence-corrected chi connectivity index (χ4v) is 4.40. The summed E-state index contributed by atoms with van der Waals surface area (Å²) in [5.74, 6) is 0.536. The number of benzene rings is 1. The zero-order valence-corrected chi connectivity index (χ0v) is 13.5. The third-order valence-electron chi connectivity index (χ3n) is 3.83. The van der Waals surface area contributed by atoms with Gasteiger partial charge in [0.15, 0.2) is 0 Å². The van der Waals surface area contributed by atoms with Crippen LogP contribution in [0.2, 0.25) is 0 Å². The Hall–Kier alpha value is -1.20. The Morgan fingerprint density at radius 3 is 2.48 bits per heavy atom. The molecule has 1 aromatic rings. The van der Waals surface area contributed by atoms with E-state index in [9.17, 15) is 13.2 Å². The lowest BCUT2D eigenvalue weighted by atomic mass is 10.0. The fraction of sp³-hybridized carbons (Fsp3) is 0.562. The van der Waals surface area contributed by atoms with E-state index in [1.807, 2.05) is 12.1 Å². The van der Waals surface area contributed by atoms with Crippen molar-refractivity contribution in [3.8, 4) is 0 Å². The number of hydrogen-bond donors (Lipinski definition) is 0. The normalized spacial score (nSPS) is 20.6. The average molecular weight is 309 g/mol. The van der Waals surface area contributed by atoms with E-state index in [-0.39, 0.29) is 4.90 Å². The van der Waals surface area contributed by atoms with Crippen LogP contribution >= 0.6 is 0 Å². The highest BCUT2D eigenvalue weighted by Gasteiger charge is 2.33. The SMILES string of the molecule is CC(C)Cc1ccc(S(=O)(=O)N2CCCCC2C=O)cc1. The summed E-state index contributed by atoms with van der Waals surface area (Å²) < 4.78 is 26.7. The molecule has 21 heavy (non-hydrogen) atoms. The first-order chi connectivity index (χ1) is 9.95. The molecular formula is C16H23NO3S. The Balaban J connectivity index is 2.24. The van der Waals surface area contributed by atoms with Crippen molar-refractivity contribution in [2.24, 2.45) is 5.92 Å². The Morgan fingerprint density at radius 2 is 1.90 bits per heavy atom. The summed E-state index contributed by atoms with van der Waals surface area (Å²) in [5, 5.41) is 0. The van der Waals surface area contributed by atoms with Gasteiger partial charge in [0.1, 0.15) is 6.29 Å². The van der Waals surface area contributed by atoms with Crippen molar-refractivity contribution in [3.05, 3.63) is 29.8 Å². The van der Waals surface area contributed by atoms with E-state index in [1.165, 1.54) is 4.31 Å². The highest BCUT2D eigenvalue weighted by atomic mass is 32.2. The van der Waals surface area contributed by atoms with Gasteiger partial charge in [0.25, 0.3) is 0 Å². The summed E-state index contributed by atoms with van der Waals surface area (Å²) in [6, 6.07) is 6.53. The fourth-order valence-electron chi connectivity index (χ4n) is 2.77. The number of hydrogen-bond acceptors (Lipinski definition) is 3. The number of sulfonamides is 1. The zero-order valence-electron chi connectivity index (χ0n) is 12.7. The lowest BCUT2D eigenvalue weighted by Crippen LogP contribution is -2.44. The maximum atomic E-state index is 12.7. The minimum atomic E-state index is -3.57. The molecule has 0 saturated carbocycles. The summed E-state index contributed by atoms with van der Waals surface area (Å²) in [6.07, 6.45) is 4.02. The van der Waals surface area contributed by atoms with Gasteiger partial charge >= 0.3 is 0 Å². The molecule has 0 spiro atoms. The van der Waals surface area contributed by atoms with Gasteiger partial charge in [-0.15, -0.1) is 0 Å². The average Bonchev–Trinajstić information content (AvgIpc) is 2.47. The maximum Gasteiger partial charge on any atom is 0.243 e. The van der Waals surface area contributed by atoms with Gasteiger partial charge in [0.2, 0.25) is 10.0 Å². The minimum Gasteiger partial charge on any atom is -0.302 e. The van der Waals surface area contributed by atoms with Gasteiger partial charge in [-0.1, -0.05) is 32.4 Å². The van der Waals surface area contributed by atoms with Gasteiger partial charge in [-0.25, -0.2) is 8.42 Å². The van der Waals surface area contributed by atoms with Crippen LogP contribution in [0.25, 0.3) is 0 Å². The number of carbonyl (C=O) groups is 1. The van der Waals surface area contributed by atoms with E-state index < -0.39 is 16.1 Å². The van der Waals surface area contributed by atoms with Gasteiger partial charge in [0.05, 0.1) is 10.9 Å². The second-order valence-electron chi connectivity index (χ2n) is 6.06.